The molecule has 2 amide bonds. The van der Waals surface area contributed by atoms with E-state index in [1.807, 2.05) is 0 Å². The lowest BCUT2D eigenvalue weighted by Crippen LogP contribution is -2.34. The lowest BCUT2D eigenvalue weighted by atomic mass is 9.70. The Morgan fingerprint density at radius 3 is 2.38 bits per heavy atom. The fourth-order valence-electron chi connectivity index (χ4n) is 2.41. The van der Waals surface area contributed by atoms with E-state index in [0.717, 1.165) is 25.7 Å². The van der Waals surface area contributed by atoms with Gasteiger partial charge in [0.15, 0.2) is 0 Å². The number of carbonyl (C=O) groups is 2. The first kappa shape index (κ1) is 8.73. The summed E-state index contributed by atoms with van der Waals surface area (Å²) in [4.78, 5) is 22.6. The Morgan fingerprint density at radius 1 is 1.31 bits per heavy atom. The fraction of sp³-hybridized carbons (Fsp3) is 0.800. The summed E-state index contributed by atoms with van der Waals surface area (Å²) in [6, 6.07) is 0. The van der Waals surface area contributed by atoms with E-state index in [4.69, 9.17) is 0 Å². The van der Waals surface area contributed by atoms with E-state index in [1.54, 1.807) is 0 Å². The molecule has 0 radical (unpaired) electrons. The molecule has 0 aromatic carbocycles. The van der Waals surface area contributed by atoms with Crippen molar-refractivity contribution in [2.45, 2.75) is 39.0 Å². The standard InChI is InChI=1S/C10H15NO2/c1-7-2-4-10(5-3-7)6-8(12)11-9(10)13/h7H,2-6H2,1H3,(H,11,12,13)/t7-,10+. The van der Waals surface area contributed by atoms with E-state index in [9.17, 15) is 9.59 Å². The van der Waals surface area contributed by atoms with Gasteiger partial charge in [-0.1, -0.05) is 6.92 Å². The molecule has 2 rings (SSSR count). The van der Waals surface area contributed by atoms with Gasteiger partial charge in [-0.25, -0.2) is 0 Å². The van der Waals surface area contributed by atoms with Crippen LogP contribution in [0.3, 0.4) is 0 Å². The molecule has 1 spiro atoms. The average Bonchev–Trinajstić information content (AvgIpc) is 2.34. The van der Waals surface area contributed by atoms with E-state index < -0.39 is 0 Å². The first-order valence-electron chi connectivity index (χ1n) is 4.97. The van der Waals surface area contributed by atoms with Crippen molar-refractivity contribution in [3.8, 4) is 0 Å². The van der Waals surface area contributed by atoms with E-state index in [1.165, 1.54) is 0 Å². The fourth-order valence-corrected chi connectivity index (χ4v) is 2.41. The highest BCUT2D eigenvalue weighted by Gasteiger charge is 2.47. The molecule has 0 aromatic rings. The minimum Gasteiger partial charge on any atom is -0.296 e. The summed E-state index contributed by atoms with van der Waals surface area (Å²) in [6.07, 6.45) is 4.39. The van der Waals surface area contributed by atoms with Crippen LogP contribution in [-0.4, -0.2) is 11.8 Å². The van der Waals surface area contributed by atoms with Gasteiger partial charge in [-0.2, -0.15) is 0 Å². The molecule has 0 bridgehead atoms. The number of imide groups is 1. The predicted octanol–water partition coefficient (Wildman–Crippen LogP) is 1.23. The predicted molar refractivity (Wildman–Crippen MR) is 47.8 cm³/mol. The molecule has 1 N–H and O–H groups in total. The summed E-state index contributed by atoms with van der Waals surface area (Å²) in [5.41, 5.74) is -0.316. The summed E-state index contributed by atoms with van der Waals surface area (Å²) >= 11 is 0. The van der Waals surface area contributed by atoms with Crippen molar-refractivity contribution in [3.63, 3.8) is 0 Å². The number of nitrogens with one attached hydrogen (secondary N) is 1. The number of amides is 2. The monoisotopic (exact) mass is 181 g/mol. The van der Waals surface area contributed by atoms with Crippen LogP contribution in [0.5, 0.6) is 0 Å². The van der Waals surface area contributed by atoms with E-state index in [-0.39, 0.29) is 17.2 Å². The second kappa shape index (κ2) is 2.82. The van der Waals surface area contributed by atoms with Crippen LogP contribution in [0.2, 0.25) is 0 Å². The van der Waals surface area contributed by atoms with Gasteiger partial charge in [-0.3, -0.25) is 14.9 Å². The highest BCUT2D eigenvalue weighted by Crippen LogP contribution is 2.43. The molecular weight excluding hydrogens is 166 g/mol. The highest BCUT2D eigenvalue weighted by molar-refractivity contribution is 6.05. The zero-order chi connectivity index (χ0) is 9.47. The average molecular weight is 181 g/mol. The van der Waals surface area contributed by atoms with E-state index in [0.29, 0.717) is 12.3 Å². The zero-order valence-corrected chi connectivity index (χ0v) is 7.93. The third-order valence-electron chi connectivity index (χ3n) is 3.46. The van der Waals surface area contributed by atoms with Crippen LogP contribution in [0, 0.1) is 11.3 Å². The number of rotatable bonds is 0. The molecule has 72 valence electrons. The molecular formula is C10H15NO2. The normalized spacial score (nSPS) is 39.6. The molecule has 3 heteroatoms. The Morgan fingerprint density at radius 2 is 1.92 bits per heavy atom. The van der Waals surface area contributed by atoms with Crippen LogP contribution in [-0.2, 0) is 9.59 Å². The Kier molecular flexibility index (Phi) is 1.90. The topological polar surface area (TPSA) is 46.2 Å². The zero-order valence-electron chi connectivity index (χ0n) is 7.93. The quantitative estimate of drug-likeness (QED) is 0.571. The van der Waals surface area contributed by atoms with Crippen LogP contribution in [0.1, 0.15) is 39.0 Å². The Labute approximate surface area is 77.9 Å². The lowest BCUT2D eigenvalue weighted by molar-refractivity contribution is -0.130. The number of hydrogen-bond donors (Lipinski definition) is 1. The Hall–Kier alpha value is -0.860. The number of hydrogen-bond acceptors (Lipinski definition) is 2. The third kappa shape index (κ3) is 1.36. The maximum Gasteiger partial charge on any atom is 0.233 e. The van der Waals surface area contributed by atoms with Gasteiger partial charge in [-0.05, 0) is 31.6 Å². The largest absolute Gasteiger partial charge is 0.296 e. The molecule has 0 unspecified atom stereocenters. The van der Waals surface area contributed by atoms with Gasteiger partial charge in [0.05, 0.1) is 5.41 Å². The van der Waals surface area contributed by atoms with Crippen molar-refractivity contribution >= 4 is 11.8 Å². The molecule has 1 saturated heterocycles. The molecule has 13 heavy (non-hydrogen) atoms. The molecule has 2 fully saturated rings. The minimum absolute atomic E-state index is 0.0237. The Balaban J connectivity index is 2.13. The first-order chi connectivity index (χ1) is 6.12. The minimum atomic E-state index is -0.316. The van der Waals surface area contributed by atoms with Gasteiger partial charge in [0.2, 0.25) is 11.8 Å². The smallest absolute Gasteiger partial charge is 0.233 e. The van der Waals surface area contributed by atoms with Crippen molar-refractivity contribution in [1.82, 2.24) is 5.32 Å². The van der Waals surface area contributed by atoms with E-state index >= 15 is 0 Å². The molecule has 0 atom stereocenters. The van der Waals surface area contributed by atoms with Gasteiger partial charge in [0, 0.05) is 6.42 Å². The summed E-state index contributed by atoms with van der Waals surface area (Å²) < 4.78 is 0. The maximum atomic E-state index is 11.5. The summed E-state index contributed by atoms with van der Waals surface area (Å²) in [6.45, 7) is 2.21. The van der Waals surface area contributed by atoms with Gasteiger partial charge in [0.1, 0.15) is 0 Å². The number of carbonyl (C=O) groups excluding carboxylic acids is 2. The molecule has 1 saturated carbocycles. The molecule has 1 aliphatic heterocycles. The van der Waals surface area contributed by atoms with Crippen molar-refractivity contribution in [2.75, 3.05) is 0 Å². The van der Waals surface area contributed by atoms with Crippen LogP contribution in [0.15, 0.2) is 0 Å². The van der Waals surface area contributed by atoms with Crippen molar-refractivity contribution in [2.24, 2.45) is 11.3 Å². The lowest BCUT2D eigenvalue weighted by Gasteiger charge is -2.32. The Bertz CT molecular complexity index is 252. The second-order valence-corrected chi connectivity index (χ2v) is 4.52. The third-order valence-corrected chi connectivity index (χ3v) is 3.46. The van der Waals surface area contributed by atoms with Gasteiger partial charge < -0.3 is 0 Å². The molecule has 1 aliphatic carbocycles. The molecule has 2 aliphatic rings. The van der Waals surface area contributed by atoms with Crippen LogP contribution in [0.25, 0.3) is 0 Å². The second-order valence-electron chi connectivity index (χ2n) is 4.52. The van der Waals surface area contributed by atoms with E-state index in [2.05, 4.69) is 12.2 Å². The van der Waals surface area contributed by atoms with Crippen molar-refractivity contribution in [1.29, 1.82) is 0 Å². The van der Waals surface area contributed by atoms with Gasteiger partial charge in [-0.15, -0.1) is 0 Å². The van der Waals surface area contributed by atoms with Crippen LogP contribution < -0.4 is 5.32 Å². The highest BCUT2D eigenvalue weighted by atomic mass is 16.2. The van der Waals surface area contributed by atoms with Crippen molar-refractivity contribution in [3.05, 3.63) is 0 Å². The van der Waals surface area contributed by atoms with Gasteiger partial charge >= 0.3 is 0 Å². The van der Waals surface area contributed by atoms with Crippen LogP contribution >= 0.6 is 0 Å². The maximum absolute atomic E-state index is 11.5. The van der Waals surface area contributed by atoms with Crippen molar-refractivity contribution < 1.29 is 9.59 Å². The summed E-state index contributed by atoms with van der Waals surface area (Å²) in [5.74, 6) is 0.609. The van der Waals surface area contributed by atoms with Crippen LogP contribution in [0.4, 0.5) is 0 Å². The summed E-state index contributed by atoms with van der Waals surface area (Å²) in [5, 5.41) is 2.41. The molecule has 1 heterocycles. The molecule has 3 nitrogen and oxygen atoms in total. The molecule has 0 aromatic heterocycles. The summed E-state index contributed by atoms with van der Waals surface area (Å²) in [7, 11) is 0. The first-order valence-corrected chi connectivity index (χ1v) is 4.97. The van der Waals surface area contributed by atoms with Gasteiger partial charge in [0.25, 0.3) is 0 Å². The SMILES string of the molecule is C[C@H]1CC[C@@]2(CC1)CC(=O)NC2=O.